The van der Waals surface area contributed by atoms with Gasteiger partial charge in [0.25, 0.3) is 0 Å². The van der Waals surface area contributed by atoms with Crippen molar-refractivity contribution >= 4 is 0 Å². The highest BCUT2D eigenvalue weighted by molar-refractivity contribution is 5.30. The molecule has 3 nitrogen and oxygen atoms in total. The molecule has 96 valence electrons. The third-order valence-electron chi connectivity index (χ3n) is 2.47. The molecule has 0 atom stereocenters. The molecule has 0 saturated carbocycles. The molecule has 1 aromatic rings. The second-order valence-corrected chi connectivity index (χ2v) is 4.48. The molecule has 0 spiro atoms. The van der Waals surface area contributed by atoms with E-state index in [4.69, 9.17) is 9.47 Å². The number of aliphatic hydroxyl groups is 1. The Hall–Kier alpha value is -1.06. The zero-order valence-corrected chi connectivity index (χ0v) is 10.9. The summed E-state index contributed by atoms with van der Waals surface area (Å²) in [4.78, 5) is 0. The number of hydrogen-bond donors (Lipinski definition) is 1. The van der Waals surface area contributed by atoms with E-state index in [2.05, 4.69) is 0 Å². The van der Waals surface area contributed by atoms with Crippen LogP contribution in [-0.2, 0) is 10.3 Å². The third-order valence-corrected chi connectivity index (χ3v) is 2.47. The van der Waals surface area contributed by atoms with Crippen molar-refractivity contribution in [1.82, 2.24) is 0 Å². The van der Waals surface area contributed by atoms with Crippen molar-refractivity contribution in [1.29, 1.82) is 0 Å². The van der Waals surface area contributed by atoms with Crippen LogP contribution < -0.4 is 4.74 Å². The van der Waals surface area contributed by atoms with Crippen LogP contribution in [0.15, 0.2) is 24.3 Å². The Morgan fingerprint density at radius 1 is 1.12 bits per heavy atom. The molecule has 0 saturated heterocycles. The molecule has 0 aliphatic carbocycles. The maximum atomic E-state index is 9.80. The van der Waals surface area contributed by atoms with E-state index in [1.807, 2.05) is 31.2 Å². The Balaban J connectivity index is 2.36. The van der Waals surface area contributed by atoms with Gasteiger partial charge in [-0.2, -0.15) is 0 Å². The smallest absolute Gasteiger partial charge is 0.119 e. The Morgan fingerprint density at radius 2 is 1.76 bits per heavy atom. The van der Waals surface area contributed by atoms with Gasteiger partial charge in [-0.15, -0.1) is 0 Å². The molecule has 0 aliphatic heterocycles. The van der Waals surface area contributed by atoms with Crippen LogP contribution in [0.1, 0.15) is 32.8 Å². The fraction of sp³-hybridized carbons (Fsp3) is 0.571. The molecule has 3 heteroatoms. The predicted molar refractivity (Wildman–Crippen MR) is 68.3 cm³/mol. The van der Waals surface area contributed by atoms with Gasteiger partial charge in [0.15, 0.2) is 0 Å². The average molecular weight is 238 g/mol. The van der Waals surface area contributed by atoms with Gasteiger partial charge in [-0.1, -0.05) is 12.1 Å². The first-order valence-corrected chi connectivity index (χ1v) is 6.07. The van der Waals surface area contributed by atoms with Crippen molar-refractivity contribution in [3.8, 4) is 5.75 Å². The zero-order chi connectivity index (χ0) is 12.7. The first-order valence-electron chi connectivity index (χ1n) is 6.07. The summed E-state index contributed by atoms with van der Waals surface area (Å²) in [6.45, 7) is 7.66. The van der Waals surface area contributed by atoms with Gasteiger partial charge in [-0.25, -0.2) is 0 Å². The fourth-order valence-corrected chi connectivity index (χ4v) is 1.45. The molecule has 1 aromatic carbocycles. The summed E-state index contributed by atoms with van der Waals surface area (Å²) >= 11 is 0. The molecule has 0 aromatic heterocycles. The van der Waals surface area contributed by atoms with Crippen LogP contribution in [0.25, 0.3) is 0 Å². The van der Waals surface area contributed by atoms with Crippen molar-refractivity contribution in [2.24, 2.45) is 0 Å². The number of benzene rings is 1. The topological polar surface area (TPSA) is 38.7 Å². The molecule has 0 aliphatic rings. The monoisotopic (exact) mass is 238 g/mol. The van der Waals surface area contributed by atoms with Gasteiger partial charge in [0.2, 0.25) is 0 Å². The summed E-state index contributed by atoms with van der Waals surface area (Å²) in [7, 11) is 0. The van der Waals surface area contributed by atoms with Crippen LogP contribution in [0.3, 0.4) is 0 Å². The highest BCUT2D eigenvalue weighted by Gasteiger charge is 2.15. The van der Waals surface area contributed by atoms with Crippen LogP contribution in [0.4, 0.5) is 0 Å². The molecular weight excluding hydrogens is 216 g/mol. The van der Waals surface area contributed by atoms with Crippen LogP contribution >= 0.6 is 0 Å². The summed E-state index contributed by atoms with van der Waals surface area (Å²) in [5, 5.41) is 9.80. The largest absolute Gasteiger partial charge is 0.494 e. The third kappa shape index (κ3) is 5.20. The van der Waals surface area contributed by atoms with Crippen molar-refractivity contribution in [3.05, 3.63) is 29.8 Å². The van der Waals surface area contributed by atoms with Gasteiger partial charge < -0.3 is 14.6 Å². The minimum absolute atomic E-state index is 0.655. The SMILES string of the molecule is CCOCCCOc1ccc(C(C)(C)O)cc1. The van der Waals surface area contributed by atoms with Gasteiger partial charge in [0.05, 0.1) is 12.2 Å². The van der Waals surface area contributed by atoms with E-state index in [0.717, 1.165) is 30.9 Å². The van der Waals surface area contributed by atoms with E-state index in [-0.39, 0.29) is 0 Å². The lowest BCUT2D eigenvalue weighted by atomic mass is 9.99. The van der Waals surface area contributed by atoms with Gasteiger partial charge in [0.1, 0.15) is 5.75 Å². The highest BCUT2D eigenvalue weighted by atomic mass is 16.5. The van der Waals surface area contributed by atoms with Gasteiger partial charge in [-0.3, -0.25) is 0 Å². The van der Waals surface area contributed by atoms with E-state index in [9.17, 15) is 5.11 Å². The lowest BCUT2D eigenvalue weighted by molar-refractivity contribution is 0.0785. The Labute approximate surface area is 103 Å². The Bertz CT molecular complexity index is 311. The zero-order valence-electron chi connectivity index (χ0n) is 10.9. The van der Waals surface area contributed by atoms with Gasteiger partial charge >= 0.3 is 0 Å². The van der Waals surface area contributed by atoms with Crippen molar-refractivity contribution in [2.45, 2.75) is 32.8 Å². The number of rotatable bonds is 7. The summed E-state index contributed by atoms with van der Waals surface area (Å²) in [6.07, 6.45) is 0.890. The van der Waals surface area contributed by atoms with Gasteiger partial charge in [0, 0.05) is 19.6 Å². The lowest BCUT2D eigenvalue weighted by Gasteiger charge is -2.17. The molecule has 0 heterocycles. The summed E-state index contributed by atoms with van der Waals surface area (Å²) < 4.78 is 10.8. The maximum absolute atomic E-state index is 9.80. The quantitative estimate of drug-likeness (QED) is 0.742. The first-order chi connectivity index (χ1) is 8.04. The molecule has 0 radical (unpaired) electrons. The molecular formula is C14H22O3. The van der Waals surface area contributed by atoms with Crippen molar-refractivity contribution < 1.29 is 14.6 Å². The summed E-state index contributed by atoms with van der Waals surface area (Å²) in [6, 6.07) is 7.54. The number of ether oxygens (including phenoxy) is 2. The highest BCUT2D eigenvalue weighted by Crippen LogP contribution is 2.22. The molecule has 0 bridgehead atoms. The van der Waals surface area contributed by atoms with Crippen molar-refractivity contribution in [3.63, 3.8) is 0 Å². The molecule has 1 N–H and O–H groups in total. The van der Waals surface area contributed by atoms with E-state index < -0.39 is 5.60 Å². The summed E-state index contributed by atoms with van der Waals surface area (Å²) in [5.41, 5.74) is 0.0900. The minimum Gasteiger partial charge on any atom is -0.494 e. The first kappa shape index (κ1) is 14.0. The Morgan fingerprint density at radius 3 is 2.29 bits per heavy atom. The lowest BCUT2D eigenvalue weighted by Crippen LogP contribution is -2.15. The molecule has 1 rings (SSSR count). The number of hydrogen-bond acceptors (Lipinski definition) is 3. The van der Waals surface area contributed by atoms with E-state index in [1.54, 1.807) is 13.8 Å². The van der Waals surface area contributed by atoms with E-state index in [0.29, 0.717) is 6.61 Å². The average Bonchev–Trinajstić information content (AvgIpc) is 2.28. The fourth-order valence-electron chi connectivity index (χ4n) is 1.45. The van der Waals surface area contributed by atoms with Crippen LogP contribution in [-0.4, -0.2) is 24.9 Å². The predicted octanol–water partition coefficient (Wildman–Crippen LogP) is 2.72. The van der Waals surface area contributed by atoms with Crippen LogP contribution in [0, 0.1) is 0 Å². The maximum Gasteiger partial charge on any atom is 0.119 e. The molecule has 0 unspecified atom stereocenters. The second kappa shape index (κ2) is 6.62. The van der Waals surface area contributed by atoms with E-state index in [1.165, 1.54) is 0 Å². The van der Waals surface area contributed by atoms with E-state index >= 15 is 0 Å². The van der Waals surface area contributed by atoms with Crippen molar-refractivity contribution in [2.75, 3.05) is 19.8 Å². The molecule has 0 fully saturated rings. The minimum atomic E-state index is -0.798. The van der Waals surface area contributed by atoms with Crippen LogP contribution in [0.2, 0.25) is 0 Å². The normalized spacial score (nSPS) is 11.5. The molecule has 0 amide bonds. The van der Waals surface area contributed by atoms with Gasteiger partial charge in [-0.05, 0) is 38.5 Å². The van der Waals surface area contributed by atoms with Crippen LogP contribution in [0.5, 0.6) is 5.75 Å². The molecule has 17 heavy (non-hydrogen) atoms. The standard InChI is InChI=1S/C14H22O3/c1-4-16-10-5-11-17-13-8-6-12(7-9-13)14(2,3)15/h6-9,15H,4-5,10-11H2,1-3H3. The summed E-state index contributed by atoms with van der Waals surface area (Å²) in [5.74, 6) is 0.828. The second-order valence-electron chi connectivity index (χ2n) is 4.48. The Kier molecular flexibility index (Phi) is 5.45.